The van der Waals surface area contributed by atoms with Gasteiger partial charge in [-0.05, 0) is 36.1 Å². The van der Waals surface area contributed by atoms with Gasteiger partial charge in [0.25, 0.3) is 0 Å². The summed E-state index contributed by atoms with van der Waals surface area (Å²) in [5, 5.41) is 6.33. The summed E-state index contributed by atoms with van der Waals surface area (Å²) >= 11 is 0. The number of amides is 1. The van der Waals surface area contributed by atoms with E-state index in [1.165, 1.54) is 11.1 Å². The third-order valence-corrected chi connectivity index (χ3v) is 4.34. The first kappa shape index (κ1) is 19.6. The van der Waals surface area contributed by atoms with E-state index in [1.807, 2.05) is 0 Å². The third kappa shape index (κ3) is 4.91. The minimum absolute atomic E-state index is 0.0620. The Morgan fingerprint density at radius 3 is 2.27 bits per heavy atom. The van der Waals surface area contributed by atoms with Gasteiger partial charge in [-0.2, -0.15) is 0 Å². The van der Waals surface area contributed by atoms with Crippen molar-refractivity contribution in [2.24, 2.45) is 0 Å². The highest BCUT2D eigenvalue weighted by Crippen LogP contribution is 2.29. The van der Waals surface area contributed by atoms with Gasteiger partial charge in [0.05, 0.1) is 19.9 Å². The van der Waals surface area contributed by atoms with Crippen LogP contribution in [-0.4, -0.2) is 26.7 Å². The second-order valence-corrected chi connectivity index (χ2v) is 5.95. The fourth-order valence-corrected chi connectivity index (χ4v) is 2.89. The SMILES string of the molecule is CCc1cccc(CC)c1NCCC(=O)Nc1ccc(OC)cc1OC. The average Bonchev–Trinajstić information content (AvgIpc) is 2.68. The Balaban J connectivity index is 1.96. The van der Waals surface area contributed by atoms with Gasteiger partial charge in [0, 0.05) is 24.7 Å². The van der Waals surface area contributed by atoms with E-state index in [9.17, 15) is 4.79 Å². The van der Waals surface area contributed by atoms with Crippen LogP contribution in [0.15, 0.2) is 36.4 Å². The number of para-hydroxylation sites is 1. The van der Waals surface area contributed by atoms with Gasteiger partial charge in [0.1, 0.15) is 11.5 Å². The molecule has 5 heteroatoms. The van der Waals surface area contributed by atoms with Gasteiger partial charge in [0.2, 0.25) is 5.91 Å². The zero-order valence-electron chi connectivity index (χ0n) is 16.0. The molecule has 5 nitrogen and oxygen atoms in total. The van der Waals surface area contributed by atoms with Gasteiger partial charge in [-0.25, -0.2) is 0 Å². The molecular formula is C21H28N2O3. The number of carbonyl (C=O) groups excluding carboxylic acids is 1. The molecule has 0 bridgehead atoms. The fourth-order valence-electron chi connectivity index (χ4n) is 2.89. The number of hydrogen-bond acceptors (Lipinski definition) is 4. The lowest BCUT2D eigenvalue weighted by molar-refractivity contribution is -0.116. The number of aryl methyl sites for hydroxylation is 2. The second kappa shape index (κ2) is 9.70. The van der Waals surface area contributed by atoms with Crippen molar-refractivity contribution in [2.75, 3.05) is 31.4 Å². The minimum Gasteiger partial charge on any atom is -0.497 e. The number of nitrogens with one attached hydrogen (secondary N) is 2. The Hall–Kier alpha value is -2.69. The Bertz CT molecular complexity index is 722. The van der Waals surface area contributed by atoms with Crippen molar-refractivity contribution in [3.63, 3.8) is 0 Å². The van der Waals surface area contributed by atoms with E-state index < -0.39 is 0 Å². The van der Waals surface area contributed by atoms with E-state index >= 15 is 0 Å². The van der Waals surface area contributed by atoms with Crippen LogP contribution >= 0.6 is 0 Å². The first-order chi connectivity index (χ1) is 12.6. The van der Waals surface area contributed by atoms with E-state index in [0.717, 1.165) is 18.5 Å². The zero-order valence-corrected chi connectivity index (χ0v) is 16.0. The highest BCUT2D eigenvalue weighted by molar-refractivity contribution is 5.92. The lowest BCUT2D eigenvalue weighted by Gasteiger charge is -2.16. The van der Waals surface area contributed by atoms with Crippen LogP contribution in [0.1, 0.15) is 31.4 Å². The van der Waals surface area contributed by atoms with Crippen molar-refractivity contribution in [2.45, 2.75) is 33.1 Å². The molecule has 0 spiro atoms. The number of methoxy groups -OCH3 is 2. The quantitative estimate of drug-likeness (QED) is 0.704. The van der Waals surface area contributed by atoms with Crippen LogP contribution in [0.2, 0.25) is 0 Å². The summed E-state index contributed by atoms with van der Waals surface area (Å²) < 4.78 is 10.5. The standard InChI is InChI=1S/C21H28N2O3/c1-5-15-8-7-9-16(6-2)21(15)22-13-12-20(24)23-18-11-10-17(25-3)14-19(18)26-4/h7-11,14,22H,5-6,12-13H2,1-4H3,(H,23,24). The molecule has 0 aliphatic heterocycles. The molecule has 0 aliphatic carbocycles. The summed E-state index contributed by atoms with van der Waals surface area (Å²) in [5.41, 5.74) is 4.36. The molecule has 0 atom stereocenters. The van der Waals surface area contributed by atoms with E-state index in [2.05, 4.69) is 42.7 Å². The van der Waals surface area contributed by atoms with E-state index in [1.54, 1.807) is 32.4 Å². The molecule has 2 N–H and O–H groups in total. The largest absolute Gasteiger partial charge is 0.497 e. The number of anilines is 2. The highest BCUT2D eigenvalue weighted by Gasteiger charge is 2.10. The third-order valence-electron chi connectivity index (χ3n) is 4.34. The molecule has 0 fully saturated rings. The van der Waals surface area contributed by atoms with Crippen LogP contribution in [0.3, 0.4) is 0 Å². The molecule has 0 saturated carbocycles. The number of rotatable bonds is 9. The summed E-state index contributed by atoms with van der Waals surface area (Å²) in [7, 11) is 3.16. The van der Waals surface area contributed by atoms with E-state index in [4.69, 9.17) is 9.47 Å². The Morgan fingerprint density at radius 2 is 1.69 bits per heavy atom. The number of ether oxygens (including phenoxy) is 2. The van der Waals surface area contributed by atoms with Crippen LogP contribution in [0.4, 0.5) is 11.4 Å². The average molecular weight is 356 g/mol. The van der Waals surface area contributed by atoms with Gasteiger partial charge in [0.15, 0.2) is 0 Å². The first-order valence-electron chi connectivity index (χ1n) is 8.99. The van der Waals surface area contributed by atoms with Crippen LogP contribution < -0.4 is 20.1 Å². The van der Waals surface area contributed by atoms with Crippen molar-refractivity contribution in [1.82, 2.24) is 0 Å². The van der Waals surface area contributed by atoms with Gasteiger partial charge >= 0.3 is 0 Å². The van der Waals surface area contributed by atoms with Crippen molar-refractivity contribution in [3.8, 4) is 11.5 Å². The molecule has 26 heavy (non-hydrogen) atoms. The lowest BCUT2D eigenvalue weighted by Crippen LogP contribution is -2.17. The fraction of sp³-hybridized carbons (Fsp3) is 0.381. The summed E-state index contributed by atoms with van der Waals surface area (Å²) in [6.07, 6.45) is 2.30. The zero-order chi connectivity index (χ0) is 18.9. The van der Waals surface area contributed by atoms with Crippen LogP contribution in [0, 0.1) is 0 Å². The lowest BCUT2D eigenvalue weighted by atomic mass is 10.0. The molecule has 2 rings (SSSR count). The van der Waals surface area contributed by atoms with Crippen molar-refractivity contribution >= 4 is 17.3 Å². The summed E-state index contributed by atoms with van der Waals surface area (Å²) in [6.45, 7) is 4.86. The van der Waals surface area contributed by atoms with Gasteiger partial charge in [-0.3, -0.25) is 4.79 Å². The Morgan fingerprint density at radius 1 is 1.00 bits per heavy atom. The number of benzene rings is 2. The molecule has 0 heterocycles. The smallest absolute Gasteiger partial charge is 0.226 e. The summed E-state index contributed by atoms with van der Waals surface area (Å²) in [6, 6.07) is 11.7. The van der Waals surface area contributed by atoms with Crippen molar-refractivity contribution < 1.29 is 14.3 Å². The number of hydrogen-bond donors (Lipinski definition) is 2. The predicted octanol–water partition coefficient (Wildman–Crippen LogP) is 4.27. The monoisotopic (exact) mass is 356 g/mol. The first-order valence-corrected chi connectivity index (χ1v) is 8.99. The summed E-state index contributed by atoms with van der Waals surface area (Å²) in [5.74, 6) is 1.20. The van der Waals surface area contributed by atoms with Gasteiger partial charge in [-0.15, -0.1) is 0 Å². The van der Waals surface area contributed by atoms with Crippen molar-refractivity contribution in [3.05, 3.63) is 47.5 Å². The Labute approximate surface area is 155 Å². The molecule has 1 amide bonds. The molecule has 0 unspecified atom stereocenters. The van der Waals surface area contributed by atoms with Crippen molar-refractivity contribution in [1.29, 1.82) is 0 Å². The maximum absolute atomic E-state index is 12.3. The second-order valence-electron chi connectivity index (χ2n) is 5.95. The molecular weight excluding hydrogens is 328 g/mol. The molecule has 140 valence electrons. The molecule has 0 radical (unpaired) electrons. The van der Waals surface area contributed by atoms with Gasteiger partial charge < -0.3 is 20.1 Å². The predicted molar refractivity (Wildman–Crippen MR) is 106 cm³/mol. The molecule has 0 aliphatic rings. The highest BCUT2D eigenvalue weighted by atomic mass is 16.5. The van der Waals surface area contributed by atoms with Crippen LogP contribution in [0.5, 0.6) is 11.5 Å². The minimum atomic E-state index is -0.0620. The van der Waals surface area contributed by atoms with Crippen LogP contribution in [0.25, 0.3) is 0 Å². The van der Waals surface area contributed by atoms with Crippen LogP contribution in [-0.2, 0) is 17.6 Å². The maximum atomic E-state index is 12.3. The maximum Gasteiger partial charge on any atom is 0.226 e. The van der Waals surface area contributed by atoms with Gasteiger partial charge in [-0.1, -0.05) is 32.0 Å². The summed E-state index contributed by atoms with van der Waals surface area (Å²) in [4.78, 5) is 12.3. The number of carbonyl (C=O) groups is 1. The molecule has 2 aromatic rings. The topological polar surface area (TPSA) is 59.6 Å². The van der Waals surface area contributed by atoms with E-state index in [-0.39, 0.29) is 5.91 Å². The van der Waals surface area contributed by atoms with E-state index in [0.29, 0.717) is 30.2 Å². The molecule has 2 aromatic carbocycles. The molecule has 0 aromatic heterocycles. The Kier molecular flexibility index (Phi) is 7.33. The normalized spacial score (nSPS) is 10.3. The molecule has 0 saturated heterocycles.